The average molecular weight is 244 g/mol. The number of halogens is 2. The van der Waals surface area contributed by atoms with Gasteiger partial charge in [-0.1, -0.05) is 6.07 Å². The van der Waals surface area contributed by atoms with Crippen LogP contribution in [0.15, 0.2) is 36.4 Å². The molecule has 0 amide bonds. The molecule has 0 saturated carbocycles. The van der Waals surface area contributed by atoms with Crippen molar-refractivity contribution in [3.63, 3.8) is 0 Å². The van der Waals surface area contributed by atoms with E-state index in [9.17, 15) is 8.78 Å². The zero-order valence-electron chi connectivity index (χ0n) is 9.67. The van der Waals surface area contributed by atoms with E-state index in [1.807, 2.05) is 19.1 Å². The third-order valence-corrected chi connectivity index (χ3v) is 2.49. The Morgan fingerprint density at radius 2 is 1.83 bits per heavy atom. The maximum absolute atomic E-state index is 13.1. The van der Waals surface area contributed by atoms with Crippen molar-refractivity contribution in [2.75, 3.05) is 5.32 Å². The molecule has 0 fully saturated rings. The lowest BCUT2D eigenvalue weighted by Crippen LogP contribution is -1.96. The van der Waals surface area contributed by atoms with Gasteiger partial charge >= 0.3 is 0 Å². The molecule has 2 nitrogen and oxygen atoms in total. The minimum absolute atomic E-state index is 0.399. The van der Waals surface area contributed by atoms with Crippen molar-refractivity contribution in [2.45, 2.75) is 6.92 Å². The first-order valence-corrected chi connectivity index (χ1v) is 5.33. The van der Waals surface area contributed by atoms with Crippen molar-refractivity contribution < 1.29 is 8.78 Å². The topological polar surface area (TPSA) is 35.8 Å². The van der Waals surface area contributed by atoms with E-state index in [4.69, 9.17) is 5.26 Å². The molecule has 0 aliphatic carbocycles. The molecule has 2 aromatic rings. The largest absolute Gasteiger partial charge is 0.354 e. The molecule has 0 saturated heterocycles. The molecule has 90 valence electrons. The Morgan fingerprint density at radius 3 is 2.50 bits per heavy atom. The number of aryl methyl sites for hydroxylation is 1. The normalized spacial score (nSPS) is 9.89. The molecule has 0 radical (unpaired) electrons. The van der Waals surface area contributed by atoms with E-state index in [-0.39, 0.29) is 0 Å². The molecule has 0 unspecified atom stereocenters. The lowest BCUT2D eigenvalue weighted by molar-refractivity contribution is 0.509. The maximum Gasteiger partial charge on any atom is 0.160 e. The van der Waals surface area contributed by atoms with Gasteiger partial charge in [0.05, 0.1) is 11.3 Å². The third-order valence-electron chi connectivity index (χ3n) is 2.49. The first-order chi connectivity index (χ1) is 8.60. The van der Waals surface area contributed by atoms with Crippen molar-refractivity contribution >= 4 is 11.4 Å². The first-order valence-electron chi connectivity index (χ1n) is 5.33. The van der Waals surface area contributed by atoms with E-state index >= 15 is 0 Å². The van der Waals surface area contributed by atoms with E-state index < -0.39 is 11.6 Å². The Balaban J connectivity index is 2.36. The van der Waals surface area contributed by atoms with Gasteiger partial charge in [-0.2, -0.15) is 5.26 Å². The molecular formula is C14H10F2N2. The highest BCUT2D eigenvalue weighted by Gasteiger charge is 2.05. The summed E-state index contributed by atoms with van der Waals surface area (Å²) in [5, 5.41) is 11.9. The predicted octanol–water partition coefficient (Wildman–Crippen LogP) is 3.89. The number of nitriles is 1. The summed E-state index contributed by atoms with van der Waals surface area (Å²) >= 11 is 0. The van der Waals surface area contributed by atoms with Crippen LogP contribution in [0, 0.1) is 29.9 Å². The van der Waals surface area contributed by atoms with Crippen LogP contribution in [-0.4, -0.2) is 0 Å². The molecule has 0 atom stereocenters. The Hall–Kier alpha value is -2.41. The summed E-state index contributed by atoms with van der Waals surface area (Å²) in [5.41, 5.74) is 2.39. The van der Waals surface area contributed by atoms with Gasteiger partial charge in [0, 0.05) is 11.8 Å². The molecule has 0 spiro atoms. The summed E-state index contributed by atoms with van der Waals surface area (Å²) in [5.74, 6) is -1.82. The van der Waals surface area contributed by atoms with Crippen LogP contribution < -0.4 is 5.32 Å². The van der Waals surface area contributed by atoms with Gasteiger partial charge in [0.15, 0.2) is 11.6 Å². The molecule has 0 aliphatic rings. The Bertz CT molecular complexity index is 630. The third kappa shape index (κ3) is 2.46. The van der Waals surface area contributed by atoms with E-state index in [2.05, 4.69) is 5.32 Å². The van der Waals surface area contributed by atoms with Crippen LogP contribution >= 0.6 is 0 Å². The fourth-order valence-corrected chi connectivity index (χ4v) is 1.59. The molecule has 0 heterocycles. The van der Waals surface area contributed by atoms with Gasteiger partial charge in [-0.05, 0) is 36.8 Å². The Morgan fingerprint density at radius 1 is 1.06 bits per heavy atom. The molecule has 2 aromatic carbocycles. The van der Waals surface area contributed by atoms with Crippen LogP contribution in [0.5, 0.6) is 0 Å². The fraction of sp³-hybridized carbons (Fsp3) is 0.0714. The number of rotatable bonds is 2. The first kappa shape index (κ1) is 12.1. The number of hydrogen-bond acceptors (Lipinski definition) is 2. The van der Waals surface area contributed by atoms with Crippen LogP contribution in [0.3, 0.4) is 0 Å². The van der Waals surface area contributed by atoms with Crippen molar-refractivity contribution in [1.29, 1.82) is 5.26 Å². The summed E-state index contributed by atoms with van der Waals surface area (Å²) < 4.78 is 25.9. The number of nitrogens with one attached hydrogen (secondary N) is 1. The van der Waals surface area contributed by atoms with Gasteiger partial charge < -0.3 is 5.32 Å². The fourth-order valence-electron chi connectivity index (χ4n) is 1.59. The van der Waals surface area contributed by atoms with Crippen molar-refractivity contribution in [1.82, 2.24) is 0 Å². The zero-order valence-corrected chi connectivity index (χ0v) is 9.67. The Kier molecular flexibility index (Phi) is 3.24. The van der Waals surface area contributed by atoms with E-state index in [0.717, 1.165) is 17.7 Å². The summed E-state index contributed by atoms with van der Waals surface area (Å²) in [7, 11) is 0. The van der Waals surface area contributed by atoms with Crippen molar-refractivity contribution in [3.05, 3.63) is 59.2 Å². The van der Waals surface area contributed by atoms with Crippen LogP contribution in [0.25, 0.3) is 0 Å². The molecular weight excluding hydrogens is 234 g/mol. The van der Waals surface area contributed by atoms with Crippen molar-refractivity contribution in [2.24, 2.45) is 0 Å². The molecule has 0 bridgehead atoms. The second-order valence-electron chi connectivity index (χ2n) is 3.91. The molecule has 0 aromatic heterocycles. The monoisotopic (exact) mass is 244 g/mol. The second-order valence-corrected chi connectivity index (χ2v) is 3.91. The highest BCUT2D eigenvalue weighted by atomic mass is 19.2. The smallest absolute Gasteiger partial charge is 0.160 e. The van der Waals surface area contributed by atoms with E-state index in [1.54, 1.807) is 12.1 Å². The van der Waals surface area contributed by atoms with E-state index in [1.165, 1.54) is 6.07 Å². The summed E-state index contributed by atoms with van der Waals surface area (Å²) in [6.45, 7) is 1.89. The Labute approximate surface area is 103 Å². The average Bonchev–Trinajstić information content (AvgIpc) is 2.34. The number of hydrogen-bond donors (Lipinski definition) is 1. The number of benzene rings is 2. The van der Waals surface area contributed by atoms with Gasteiger partial charge in [-0.25, -0.2) is 8.78 Å². The highest BCUT2D eigenvalue weighted by Crippen LogP contribution is 2.23. The van der Waals surface area contributed by atoms with Gasteiger partial charge in [0.2, 0.25) is 0 Å². The summed E-state index contributed by atoms with van der Waals surface area (Å²) in [6, 6.07) is 10.8. The van der Waals surface area contributed by atoms with Crippen LogP contribution in [0.4, 0.5) is 20.2 Å². The summed E-state index contributed by atoms with van der Waals surface area (Å²) in [6.07, 6.45) is 0. The highest BCUT2D eigenvalue weighted by molar-refractivity contribution is 5.67. The van der Waals surface area contributed by atoms with E-state index in [0.29, 0.717) is 16.9 Å². The predicted molar refractivity (Wildman–Crippen MR) is 65.5 cm³/mol. The van der Waals surface area contributed by atoms with Gasteiger partial charge in [0.1, 0.15) is 6.07 Å². The number of anilines is 2. The molecule has 0 aliphatic heterocycles. The van der Waals surface area contributed by atoms with Gasteiger partial charge in [-0.15, -0.1) is 0 Å². The summed E-state index contributed by atoms with van der Waals surface area (Å²) in [4.78, 5) is 0. The molecule has 1 N–H and O–H groups in total. The van der Waals surface area contributed by atoms with Crippen LogP contribution in [0.2, 0.25) is 0 Å². The zero-order chi connectivity index (χ0) is 13.1. The molecule has 4 heteroatoms. The van der Waals surface area contributed by atoms with Gasteiger partial charge in [0.25, 0.3) is 0 Å². The maximum atomic E-state index is 13.1. The number of nitrogens with zero attached hydrogens (tertiary/aromatic N) is 1. The minimum Gasteiger partial charge on any atom is -0.354 e. The molecule has 18 heavy (non-hydrogen) atoms. The SMILES string of the molecule is Cc1ccc(C#N)c(Nc2ccc(F)c(F)c2)c1. The quantitative estimate of drug-likeness (QED) is 0.869. The lowest BCUT2D eigenvalue weighted by Gasteiger charge is -2.09. The van der Waals surface area contributed by atoms with Gasteiger partial charge in [-0.3, -0.25) is 0 Å². The van der Waals surface area contributed by atoms with Crippen molar-refractivity contribution in [3.8, 4) is 6.07 Å². The van der Waals surface area contributed by atoms with Crippen LogP contribution in [0.1, 0.15) is 11.1 Å². The second kappa shape index (κ2) is 4.84. The minimum atomic E-state index is -0.925. The molecule has 2 rings (SSSR count). The standard InChI is InChI=1S/C14H10F2N2/c1-9-2-3-10(8-17)14(6-9)18-11-4-5-12(15)13(16)7-11/h2-7,18H,1H3. The lowest BCUT2D eigenvalue weighted by atomic mass is 10.1. The van der Waals surface area contributed by atoms with Crippen LogP contribution in [-0.2, 0) is 0 Å².